The van der Waals surface area contributed by atoms with Crippen LogP contribution in [0.2, 0.25) is 0 Å². The molecule has 0 amide bonds. The number of rotatable bonds is 4. The van der Waals surface area contributed by atoms with Crippen LogP contribution < -0.4 is 0 Å². The number of fused-ring (bicyclic) bond motifs is 7. The third-order valence-corrected chi connectivity index (χ3v) is 10.2. The first-order valence-electron chi connectivity index (χ1n) is 20.6. The molecule has 1 radical (unpaired) electrons. The van der Waals surface area contributed by atoms with Gasteiger partial charge in [0.25, 0.3) is 0 Å². The number of nitrogens with zero attached hydrogens (tertiary/aromatic N) is 2. The minimum atomic E-state index is -2.18. The summed E-state index contributed by atoms with van der Waals surface area (Å²) in [6.45, 7) is -4.34. The zero-order valence-electron chi connectivity index (χ0n) is 34.7. The average molecular weight is 846 g/mol. The molecule has 4 heteroatoms. The van der Waals surface area contributed by atoms with Crippen LogP contribution in [-0.2, 0) is 20.1 Å². The maximum Gasteiger partial charge on any atom is 0.121 e. The summed E-state index contributed by atoms with van der Waals surface area (Å²) in [5.41, 5.74) is 8.38. The van der Waals surface area contributed by atoms with Crippen molar-refractivity contribution >= 4 is 32.7 Å². The van der Waals surface area contributed by atoms with E-state index >= 15 is 0 Å². The molecule has 8 aromatic rings. The molecule has 3 nitrogen and oxygen atoms in total. The maximum atomic E-state index is 9.09. The zero-order chi connectivity index (χ0) is 39.5. The number of aryl methyl sites for hydroxylation is 2. The van der Waals surface area contributed by atoms with Crippen LogP contribution in [0.1, 0.15) is 57.9 Å². The van der Waals surface area contributed by atoms with Crippen molar-refractivity contribution in [3.05, 3.63) is 156 Å². The van der Waals surface area contributed by atoms with E-state index in [9.17, 15) is 0 Å². The second-order valence-corrected chi connectivity index (χ2v) is 13.5. The molecule has 0 unspecified atom stereocenters. The van der Waals surface area contributed by atoms with Crippen molar-refractivity contribution in [1.82, 2.24) is 9.97 Å². The molecule has 3 fully saturated rings. The van der Waals surface area contributed by atoms with E-state index in [0.29, 0.717) is 11.3 Å². The van der Waals surface area contributed by atoms with Crippen LogP contribution in [0, 0.1) is 37.7 Å². The molecule has 0 N–H and O–H groups in total. The summed E-state index contributed by atoms with van der Waals surface area (Å²) in [7, 11) is 0. The van der Waals surface area contributed by atoms with E-state index in [0.717, 1.165) is 74.6 Å². The van der Waals surface area contributed by atoms with E-state index in [1.807, 2.05) is 12.3 Å². The third-order valence-electron chi connectivity index (χ3n) is 10.2. The van der Waals surface area contributed by atoms with E-state index in [-0.39, 0.29) is 31.2 Å². The van der Waals surface area contributed by atoms with Crippen molar-refractivity contribution in [2.45, 2.75) is 45.3 Å². The van der Waals surface area contributed by atoms with Crippen LogP contribution in [0.3, 0.4) is 0 Å². The molecular weight excluding hydrogens is 801 g/mol. The zero-order valence-corrected chi connectivity index (χ0v) is 30.1. The fraction of sp³-hybridized carbons (Fsp3) is 0.191. The Balaban J connectivity index is 0.000000191. The Morgan fingerprint density at radius 3 is 2.31 bits per heavy atom. The predicted molar refractivity (Wildman–Crippen MR) is 205 cm³/mol. The van der Waals surface area contributed by atoms with Crippen molar-refractivity contribution in [1.29, 1.82) is 0 Å². The molecule has 3 heterocycles. The van der Waals surface area contributed by atoms with Crippen LogP contribution in [0.15, 0.2) is 132 Å². The molecule has 0 atom stereocenters. The van der Waals surface area contributed by atoms with E-state index in [2.05, 4.69) is 96.0 Å². The van der Waals surface area contributed by atoms with Crippen LogP contribution in [0.5, 0.6) is 0 Å². The topological polar surface area (TPSA) is 38.9 Å². The molecule has 11 rings (SSSR count). The van der Waals surface area contributed by atoms with Gasteiger partial charge in [-0.25, -0.2) is 0 Å². The second-order valence-electron chi connectivity index (χ2n) is 13.5. The van der Waals surface area contributed by atoms with Gasteiger partial charge in [0.2, 0.25) is 0 Å². The SMILES string of the molecule is [2H]C([2H])([2H])c1c[c-]c(-c2ccc(C([2H])([2H])[2H])cn2)cc1.[2H]C1(c2ccc(-c3ccnc(-c4[c-]ccc5c4oc4ccc6ccccc6c45)c3)cc2)CC2CC(C2)C1.[Ir]. The molecule has 2 bridgehead atoms. The molecular formula is C47H38IrN2O-2. The fourth-order valence-electron chi connectivity index (χ4n) is 7.71. The number of hydrogen-bond acceptors (Lipinski definition) is 3. The van der Waals surface area contributed by atoms with Crippen molar-refractivity contribution in [3.63, 3.8) is 0 Å². The van der Waals surface area contributed by atoms with Crippen molar-refractivity contribution in [3.8, 4) is 33.6 Å². The average Bonchev–Trinajstić information content (AvgIpc) is 3.60. The summed E-state index contributed by atoms with van der Waals surface area (Å²) in [5.74, 6) is 1.10. The Bertz CT molecular complexity index is 2670. The molecule has 5 aromatic carbocycles. The monoisotopic (exact) mass is 846 g/mol. The van der Waals surface area contributed by atoms with Gasteiger partial charge in [-0.15, -0.1) is 53.6 Å². The smallest absolute Gasteiger partial charge is 0.121 e. The molecule has 0 spiro atoms. The van der Waals surface area contributed by atoms with Crippen molar-refractivity contribution in [2.75, 3.05) is 0 Å². The van der Waals surface area contributed by atoms with Gasteiger partial charge in [0.05, 0.1) is 5.58 Å². The summed E-state index contributed by atoms with van der Waals surface area (Å²) in [4.78, 5) is 8.79. The molecule has 3 aliphatic rings. The first kappa shape index (κ1) is 26.0. The standard InChI is InChI=1S/C34H26NO.C13H12N.Ir/c1-2-5-28-25(4-1)12-13-32-33(28)30-7-3-6-29(34(30)36-32)31-20-26(14-15-35-31)23-8-10-24(11-9-23)27-18-21-16-22(17-21)19-27;1-10-3-6-12(7-4-10)13-8-5-11(2)9-14-13;/h1-5,7-15,20-22,27H,16-19H2;3-6,8-9H,1-2H3;/q2*-1;/i27D;1D3,2D3;. The third kappa shape index (κ3) is 6.55. The van der Waals surface area contributed by atoms with Gasteiger partial charge in [-0.05, 0) is 107 Å². The van der Waals surface area contributed by atoms with Gasteiger partial charge in [-0.1, -0.05) is 90.6 Å². The van der Waals surface area contributed by atoms with Gasteiger partial charge < -0.3 is 14.4 Å². The number of aromatic nitrogens is 2. The Hall–Kier alpha value is -4.89. The number of pyridine rings is 2. The second kappa shape index (κ2) is 14.0. The number of hydrogen-bond donors (Lipinski definition) is 0. The Morgan fingerprint density at radius 1 is 0.725 bits per heavy atom. The maximum absolute atomic E-state index is 9.09. The van der Waals surface area contributed by atoms with E-state index < -0.39 is 19.6 Å². The number of benzene rings is 5. The van der Waals surface area contributed by atoms with Gasteiger partial charge in [-0.2, -0.15) is 0 Å². The summed E-state index contributed by atoms with van der Waals surface area (Å²) in [6, 6.07) is 43.4. The van der Waals surface area contributed by atoms with Crippen LogP contribution in [0.25, 0.3) is 66.4 Å². The molecule has 3 saturated carbocycles. The molecule has 3 aromatic heterocycles. The van der Waals surface area contributed by atoms with Gasteiger partial charge in [0.15, 0.2) is 0 Å². The molecule has 51 heavy (non-hydrogen) atoms. The predicted octanol–water partition coefficient (Wildman–Crippen LogP) is 12.3. The van der Waals surface area contributed by atoms with E-state index in [1.54, 1.807) is 12.1 Å². The Kier molecular flexibility index (Phi) is 7.14. The Morgan fingerprint density at radius 2 is 1.55 bits per heavy atom. The van der Waals surface area contributed by atoms with E-state index in [4.69, 9.17) is 19.0 Å². The van der Waals surface area contributed by atoms with Crippen LogP contribution >= 0.6 is 0 Å². The first-order valence-corrected chi connectivity index (χ1v) is 17.1. The quantitative estimate of drug-likeness (QED) is 0.166. The van der Waals surface area contributed by atoms with Gasteiger partial charge in [0, 0.05) is 47.5 Å². The van der Waals surface area contributed by atoms with Gasteiger partial charge in [0.1, 0.15) is 5.58 Å². The van der Waals surface area contributed by atoms with Crippen LogP contribution in [0.4, 0.5) is 0 Å². The largest absolute Gasteiger partial charge is 0.501 e. The van der Waals surface area contributed by atoms with Gasteiger partial charge in [-0.3, -0.25) is 0 Å². The van der Waals surface area contributed by atoms with Crippen molar-refractivity contribution in [2.24, 2.45) is 11.8 Å². The fourth-order valence-corrected chi connectivity index (χ4v) is 7.71. The van der Waals surface area contributed by atoms with E-state index in [1.165, 1.54) is 48.0 Å². The number of furan rings is 1. The summed E-state index contributed by atoms with van der Waals surface area (Å²) in [5, 5.41) is 4.62. The van der Waals surface area contributed by atoms with Crippen molar-refractivity contribution < 1.29 is 34.1 Å². The van der Waals surface area contributed by atoms with Gasteiger partial charge >= 0.3 is 0 Å². The molecule has 0 aliphatic heterocycles. The summed E-state index contributed by atoms with van der Waals surface area (Å²) in [6.07, 6.45) is 7.86. The minimum Gasteiger partial charge on any atom is -0.501 e. The summed E-state index contributed by atoms with van der Waals surface area (Å²) < 4.78 is 59.1. The molecule has 0 saturated heterocycles. The van der Waals surface area contributed by atoms with Crippen LogP contribution in [-0.4, -0.2) is 9.97 Å². The normalized spacial score (nSPS) is 21.7. The molecule has 3 aliphatic carbocycles. The molecule has 253 valence electrons. The first-order chi connectivity index (χ1) is 27.3. The Labute approximate surface area is 323 Å². The minimum absolute atomic E-state index is 0. The summed E-state index contributed by atoms with van der Waals surface area (Å²) >= 11 is 0.